The Morgan fingerprint density at radius 1 is 0.784 bits per heavy atom. The smallest absolute Gasteiger partial charge is 0.262 e. The van der Waals surface area contributed by atoms with E-state index in [2.05, 4.69) is 31.6 Å². The number of rotatable bonds is 12. The first-order valence-corrected chi connectivity index (χ1v) is 17.8. The van der Waals surface area contributed by atoms with Crippen LogP contribution in [-0.2, 0) is 22.7 Å². The van der Waals surface area contributed by atoms with Crippen LogP contribution >= 0.6 is 23.2 Å². The number of benzene rings is 2. The number of anilines is 1. The Hall–Kier alpha value is -4.81. The van der Waals surface area contributed by atoms with Gasteiger partial charge in [-0.1, -0.05) is 65.7 Å². The van der Waals surface area contributed by atoms with Gasteiger partial charge in [-0.15, -0.1) is 0 Å². The van der Waals surface area contributed by atoms with Crippen molar-refractivity contribution >= 4 is 46.5 Å². The van der Waals surface area contributed by atoms with Crippen LogP contribution in [0.4, 0.5) is 5.82 Å². The van der Waals surface area contributed by atoms with E-state index in [-0.39, 0.29) is 29.5 Å². The Bertz CT molecular complexity index is 2190. The summed E-state index contributed by atoms with van der Waals surface area (Å²) in [5, 5.41) is 16.8. The normalized spacial score (nSPS) is 17.2. The number of nitrogens with one attached hydrogen (secondary N) is 5. The molecule has 51 heavy (non-hydrogen) atoms. The fraction of sp³-hybridized carbons (Fsp3) is 0.289. The van der Waals surface area contributed by atoms with Crippen molar-refractivity contribution in [3.05, 3.63) is 105 Å². The molecule has 3 aromatic heterocycles. The Labute approximate surface area is 305 Å². The van der Waals surface area contributed by atoms with Crippen LogP contribution < -0.4 is 32.1 Å². The van der Waals surface area contributed by atoms with Crippen molar-refractivity contribution in [2.75, 3.05) is 25.5 Å². The summed E-state index contributed by atoms with van der Waals surface area (Å²) in [5.74, 6) is 0.906. The molecular formula is C38H38Cl2N8O3. The maximum absolute atomic E-state index is 13.3. The maximum Gasteiger partial charge on any atom is 0.262 e. The second-order valence-corrected chi connectivity index (χ2v) is 13.6. The molecule has 0 radical (unpaired) electrons. The molecule has 0 saturated carbocycles. The second-order valence-electron chi connectivity index (χ2n) is 12.9. The molecule has 0 bridgehead atoms. The van der Waals surface area contributed by atoms with Gasteiger partial charge in [0, 0.05) is 104 Å². The van der Waals surface area contributed by atoms with E-state index in [1.165, 1.54) is 4.40 Å². The Kier molecular flexibility index (Phi) is 10.3. The summed E-state index contributed by atoms with van der Waals surface area (Å²) in [6, 6.07) is 19.5. The predicted molar refractivity (Wildman–Crippen MR) is 201 cm³/mol. The molecule has 2 atom stereocenters. The predicted octanol–water partition coefficient (Wildman–Crippen LogP) is 5.18. The van der Waals surface area contributed by atoms with E-state index in [1.807, 2.05) is 67.7 Å². The fourth-order valence-corrected chi connectivity index (χ4v) is 7.38. The van der Waals surface area contributed by atoms with Gasteiger partial charge >= 0.3 is 0 Å². The van der Waals surface area contributed by atoms with Crippen LogP contribution in [0.25, 0.3) is 39.2 Å². The van der Waals surface area contributed by atoms with E-state index in [4.69, 9.17) is 28.2 Å². The molecule has 2 aliphatic rings. The van der Waals surface area contributed by atoms with Crippen LogP contribution in [0.5, 0.6) is 0 Å². The van der Waals surface area contributed by atoms with Crippen LogP contribution in [0.1, 0.15) is 36.8 Å². The fourth-order valence-electron chi connectivity index (χ4n) is 6.72. The lowest BCUT2D eigenvalue weighted by Crippen LogP contribution is -2.36. The third-order valence-corrected chi connectivity index (χ3v) is 10.3. The Balaban J connectivity index is 1.10. The number of nitrogens with zero attached hydrogens (tertiary/aromatic N) is 3. The van der Waals surface area contributed by atoms with E-state index in [1.54, 1.807) is 12.4 Å². The van der Waals surface area contributed by atoms with Gasteiger partial charge < -0.3 is 26.6 Å². The number of fused-ring (bicyclic) bond motifs is 1. The summed E-state index contributed by atoms with van der Waals surface area (Å²) < 4.78 is 1.53. The molecule has 13 heteroatoms. The molecule has 2 amide bonds. The third kappa shape index (κ3) is 7.48. The van der Waals surface area contributed by atoms with E-state index in [9.17, 15) is 14.4 Å². The minimum atomic E-state index is -0.156. The summed E-state index contributed by atoms with van der Waals surface area (Å²) >= 11 is 14.2. The largest absolute Gasteiger partial charge is 0.373 e. The summed E-state index contributed by atoms with van der Waals surface area (Å²) in [5.41, 5.74) is 6.50. The third-order valence-electron chi connectivity index (χ3n) is 9.45. The standard InChI is InChI=1S/C38H38Cl2N8O3/c1-41-37-23(17-42-20-25-9-12-33(49)45-25)8-11-31(47-37)30-7-3-6-29(36(30)40)28-5-2-4-27(35(28)39)22-14-15-48-32(16-22)44-19-24(38(48)51)18-43-21-26-10-13-34(50)46-26/h2-8,11,14-16,19,25-26,42-43H,9-10,12-13,17-18,20-21H2,1H3,(H,41,47)(H,45,49)(H,46,50)/t25-,26-/m0/s1. The summed E-state index contributed by atoms with van der Waals surface area (Å²) in [7, 11) is 1.84. The van der Waals surface area contributed by atoms with Crippen LogP contribution in [-0.4, -0.2) is 58.4 Å². The van der Waals surface area contributed by atoms with Gasteiger partial charge in [0.05, 0.1) is 15.7 Å². The maximum atomic E-state index is 13.3. The number of hydrogen-bond acceptors (Lipinski definition) is 8. The molecule has 5 aromatic rings. The van der Waals surface area contributed by atoms with Gasteiger partial charge in [-0.2, -0.15) is 0 Å². The minimum Gasteiger partial charge on any atom is -0.373 e. The summed E-state index contributed by atoms with van der Waals surface area (Å²) in [4.78, 5) is 45.7. The van der Waals surface area contributed by atoms with E-state index in [0.29, 0.717) is 60.3 Å². The molecule has 2 saturated heterocycles. The second kappa shape index (κ2) is 15.2. The zero-order chi connectivity index (χ0) is 35.5. The molecular weight excluding hydrogens is 687 g/mol. The molecule has 0 aliphatic carbocycles. The Morgan fingerprint density at radius 2 is 1.39 bits per heavy atom. The number of aromatic nitrogens is 3. The lowest BCUT2D eigenvalue weighted by molar-refractivity contribution is -0.120. The van der Waals surface area contributed by atoms with E-state index in [0.717, 1.165) is 57.7 Å². The summed E-state index contributed by atoms with van der Waals surface area (Å²) in [6.07, 6.45) is 6.06. The number of halogens is 2. The average Bonchev–Trinajstić information content (AvgIpc) is 3.76. The molecule has 5 heterocycles. The quantitative estimate of drug-likeness (QED) is 0.119. The van der Waals surface area contributed by atoms with Gasteiger partial charge in [-0.3, -0.25) is 18.8 Å². The molecule has 7 rings (SSSR count). The highest BCUT2D eigenvalue weighted by Crippen LogP contribution is 2.42. The highest BCUT2D eigenvalue weighted by atomic mass is 35.5. The molecule has 11 nitrogen and oxygen atoms in total. The first kappa shape index (κ1) is 34.6. The van der Waals surface area contributed by atoms with Crippen molar-refractivity contribution in [1.82, 2.24) is 35.6 Å². The van der Waals surface area contributed by atoms with Crippen molar-refractivity contribution in [3.63, 3.8) is 0 Å². The van der Waals surface area contributed by atoms with Gasteiger partial charge in [-0.25, -0.2) is 9.97 Å². The van der Waals surface area contributed by atoms with Crippen molar-refractivity contribution in [1.29, 1.82) is 0 Å². The van der Waals surface area contributed by atoms with Crippen LogP contribution in [0.2, 0.25) is 10.0 Å². The number of carbonyl (C=O) groups is 2. The van der Waals surface area contributed by atoms with Crippen molar-refractivity contribution < 1.29 is 9.59 Å². The van der Waals surface area contributed by atoms with Crippen LogP contribution in [0, 0.1) is 0 Å². The molecule has 0 unspecified atom stereocenters. The lowest BCUT2D eigenvalue weighted by atomic mass is 9.97. The molecule has 2 fully saturated rings. The molecule has 2 aliphatic heterocycles. The van der Waals surface area contributed by atoms with Crippen LogP contribution in [0.15, 0.2) is 77.9 Å². The zero-order valence-corrected chi connectivity index (χ0v) is 29.6. The molecule has 0 spiro atoms. The number of amides is 2. The topological polar surface area (TPSA) is 142 Å². The van der Waals surface area contributed by atoms with Gasteiger partial charge in [-0.05, 0) is 36.6 Å². The van der Waals surface area contributed by atoms with E-state index >= 15 is 0 Å². The number of hydrogen-bond donors (Lipinski definition) is 5. The van der Waals surface area contributed by atoms with Gasteiger partial charge in [0.25, 0.3) is 5.56 Å². The van der Waals surface area contributed by atoms with Gasteiger partial charge in [0.15, 0.2) is 0 Å². The Morgan fingerprint density at radius 3 is 2.02 bits per heavy atom. The highest BCUT2D eigenvalue weighted by Gasteiger charge is 2.22. The minimum absolute atomic E-state index is 0.0628. The van der Waals surface area contributed by atoms with Crippen molar-refractivity contribution in [2.45, 2.75) is 50.9 Å². The summed E-state index contributed by atoms with van der Waals surface area (Å²) in [6.45, 7) is 2.25. The van der Waals surface area contributed by atoms with Crippen molar-refractivity contribution in [2.24, 2.45) is 0 Å². The lowest BCUT2D eigenvalue weighted by Gasteiger charge is -2.16. The first-order valence-electron chi connectivity index (χ1n) is 17.1. The number of carbonyl (C=O) groups excluding carboxylic acids is 2. The van der Waals surface area contributed by atoms with Gasteiger partial charge in [0.1, 0.15) is 11.5 Å². The van der Waals surface area contributed by atoms with Crippen LogP contribution in [0.3, 0.4) is 0 Å². The zero-order valence-electron chi connectivity index (χ0n) is 28.1. The first-order chi connectivity index (χ1) is 24.8. The molecule has 262 valence electrons. The SMILES string of the molecule is CNc1nc(-c2cccc(-c3cccc(-c4ccn5c(=O)c(CNC[C@@H]6CCC(=O)N6)cnc5c4)c3Cl)c2Cl)ccc1CNC[C@@H]1CCC(=O)N1. The molecule has 5 N–H and O–H groups in total. The van der Waals surface area contributed by atoms with Crippen molar-refractivity contribution in [3.8, 4) is 33.5 Å². The van der Waals surface area contributed by atoms with Gasteiger partial charge in [0.2, 0.25) is 11.8 Å². The number of pyridine rings is 2. The average molecular weight is 726 g/mol. The monoisotopic (exact) mass is 724 g/mol. The molecule has 2 aromatic carbocycles. The highest BCUT2D eigenvalue weighted by molar-refractivity contribution is 6.39. The van der Waals surface area contributed by atoms with E-state index < -0.39 is 0 Å².